The number of sulfonamides is 1. The maximum Gasteiger partial charge on any atom is 0.241 e. The highest BCUT2D eigenvalue weighted by Crippen LogP contribution is 2.29. The Kier molecular flexibility index (Phi) is 4.31. The first kappa shape index (κ1) is 14.4. The summed E-state index contributed by atoms with van der Waals surface area (Å²) < 4.78 is 37.1. The molecule has 0 bridgehead atoms. The second-order valence-electron chi connectivity index (χ2n) is 4.06. The van der Waals surface area contributed by atoms with Gasteiger partial charge in [-0.25, -0.2) is 13.1 Å². The second kappa shape index (κ2) is 5.98. The van der Waals surface area contributed by atoms with E-state index in [0.717, 1.165) is 5.56 Å². The highest BCUT2D eigenvalue weighted by atomic mass is 32.2. The van der Waals surface area contributed by atoms with Crippen molar-refractivity contribution in [1.29, 1.82) is 0 Å². The van der Waals surface area contributed by atoms with Crippen LogP contribution in [0.3, 0.4) is 0 Å². The highest BCUT2D eigenvalue weighted by Gasteiger charge is 2.16. The molecule has 0 saturated heterocycles. The predicted octanol–water partition coefficient (Wildman–Crippen LogP) is 1.51. The monoisotopic (exact) mass is 296 g/mol. The van der Waals surface area contributed by atoms with Crippen LogP contribution in [0.4, 0.5) is 0 Å². The van der Waals surface area contributed by atoms with Gasteiger partial charge in [0.15, 0.2) is 11.5 Å². The van der Waals surface area contributed by atoms with Gasteiger partial charge in [0, 0.05) is 25.0 Å². The van der Waals surface area contributed by atoms with Crippen molar-refractivity contribution >= 4 is 10.0 Å². The Hall–Kier alpha value is -1.99. The van der Waals surface area contributed by atoms with Crippen LogP contribution < -0.4 is 14.2 Å². The Balaban J connectivity index is 2.20. The van der Waals surface area contributed by atoms with E-state index in [1.54, 1.807) is 24.5 Å². The van der Waals surface area contributed by atoms with Crippen molar-refractivity contribution in [3.63, 3.8) is 0 Å². The molecule has 108 valence electrons. The fourth-order valence-corrected chi connectivity index (χ4v) is 2.75. The lowest BCUT2D eigenvalue weighted by molar-refractivity contribution is 0.354. The molecule has 0 saturated carbocycles. The Morgan fingerprint density at radius 1 is 1.15 bits per heavy atom. The molecule has 7 heteroatoms. The van der Waals surface area contributed by atoms with Gasteiger partial charge < -0.3 is 14.5 Å². The summed E-state index contributed by atoms with van der Waals surface area (Å²) in [6, 6.07) is 6.26. The number of H-pyrrole nitrogens is 1. The maximum absolute atomic E-state index is 12.2. The molecule has 1 aromatic carbocycles. The molecule has 0 aliphatic carbocycles. The number of rotatable bonds is 6. The van der Waals surface area contributed by atoms with Crippen LogP contribution in [0.15, 0.2) is 41.6 Å². The SMILES string of the molecule is COc1ccc(S(=O)(=O)NCc2cc[nH]c2)cc1OC. The van der Waals surface area contributed by atoms with Crippen LogP contribution in [0.2, 0.25) is 0 Å². The Labute approximate surface area is 117 Å². The van der Waals surface area contributed by atoms with E-state index in [4.69, 9.17) is 9.47 Å². The number of aromatic nitrogens is 1. The third-order valence-corrected chi connectivity index (χ3v) is 4.19. The zero-order valence-corrected chi connectivity index (χ0v) is 12.0. The van der Waals surface area contributed by atoms with Crippen LogP contribution in [0.25, 0.3) is 0 Å². The van der Waals surface area contributed by atoms with Crippen LogP contribution in [0, 0.1) is 0 Å². The molecule has 0 fully saturated rings. The van der Waals surface area contributed by atoms with E-state index in [1.807, 2.05) is 0 Å². The fraction of sp³-hybridized carbons (Fsp3) is 0.231. The molecule has 0 unspecified atom stereocenters. The molecule has 2 rings (SSSR count). The van der Waals surface area contributed by atoms with Gasteiger partial charge in [-0.15, -0.1) is 0 Å². The first-order chi connectivity index (χ1) is 9.56. The summed E-state index contributed by atoms with van der Waals surface area (Å²) >= 11 is 0. The topological polar surface area (TPSA) is 80.4 Å². The van der Waals surface area contributed by atoms with E-state index in [1.165, 1.54) is 26.4 Å². The molecule has 0 spiro atoms. The van der Waals surface area contributed by atoms with Crippen molar-refractivity contribution < 1.29 is 17.9 Å². The zero-order chi connectivity index (χ0) is 14.6. The molecule has 2 aromatic rings. The zero-order valence-electron chi connectivity index (χ0n) is 11.2. The molecular formula is C13H16N2O4S. The Morgan fingerprint density at radius 2 is 1.90 bits per heavy atom. The minimum Gasteiger partial charge on any atom is -0.493 e. The van der Waals surface area contributed by atoms with E-state index >= 15 is 0 Å². The first-order valence-corrected chi connectivity index (χ1v) is 7.38. The second-order valence-corrected chi connectivity index (χ2v) is 5.83. The molecular weight excluding hydrogens is 280 g/mol. The van der Waals surface area contributed by atoms with E-state index in [0.29, 0.717) is 11.5 Å². The molecule has 0 amide bonds. The molecule has 0 aliphatic heterocycles. The van der Waals surface area contributed by atoms with Crippen LogP contribution in [-0.4, -0.2) is 27.6 Å². The van der Waals surface area contributed by atoms with E-state index in [2.05, 4.69) is 9.71 Å². The molecule has 0 radical (unpaired) electrons. The van der Waals surface area contributed by atoms with Crippen molar-refractivity contribution in [2.75, 3.05) is 14.2 Å². The highest BCUT2D eigenvalue weighted by molar-refractivity contribution is 7.89. The van der Waals surface area contributed by atoms with E-state index in [9.17, 15) is 8.42 Å². The molecule has 20 heavy (non-hydrogen) atoms. The maximum atomic E-state index is 12.2. The number of nitrogens with one attached hydrogen (secondary N) is 2. The van der Waals surface area contributed by atoms with Crippen LogP contribution in [0.1, 0.15) is 5.56 Å². The average molecular weight is 296 g/mol. The number of aromatic amines is 1. The van der Waals surface area contributed by atoms with Gasteiger partial charge in [0.05, 0.1) is 19.1 Å². The lowest BCUT2D eigenvalue weighted by atomic mass is 10.3. The average Bonchev–Trinajstić information content (AvgIpc) is 2.97. The minimum absolute atomic E-state index is 0.130. The third kappa shape index (κ3) is 3.12. The summed E-state index contributed by atoms with van der Waals surface area (Å²) in [5, 5.41) is 0. The number of hydrogen-bond donors (Lipinski definition) is 2. The van der Waals surface area contributed by atoms with Crippen LogP contribution in [-0.2, 0) is 16.6 Å². The fourth-order valence-electron chi connectivity index (χ4n) is 1.71. The largest absolute Gasteiger partial charge is 0.493 e. The normalized spacial score (nSPS) is 11.3. The van der Waals surface area contributed by atoms with Crippen molar-refractivity contribution in [2.45, 2.75) is 11.4 Å². The molecule has 1 heterocycles. The third-order valence-electron chi connectivity index (χ3n) is 2.79. The molecule has 1 aromatic heterocycles. The predicted molar refractivity (Wildman–Crippen MR) is 74.4 cm³/mol. The van der Waals surface area contributed by atoms with Gasteiger partial charge in [0.2, 0.25) is 10.0 Å². The quantitative estimate of drug-likeness (QED) is 0.846. The van der Waals surface area contributed by atoms with Gasteiger partial charge in [0.1, 0.15) is 0 Å². The minimum atomic E-state index is -3.59. The van der Waals surface area contributed by atoms with Gasteiger partial charge in [-0.3, -0.25) is 0 Å². The number of benzene rings is 1. The lowest BCUT2D eigenvalue weighted by Crippen LogP contribution is -2.23. The van der Waals surface area contributed by atoms with Gasteiger partial charge in [0.25, 0.3) is 0 Å². The van der Waals surface area contributed by atoms with Crippen molar-refractivity contribution in [2.24, 2.45) is 0 Å². The number of methoxy groups -OCH3 is 2. The molecule has 6 nitrogen and oxygen atoms in total. The van der Waals surface area contributed by atoms with Crippen molar-refractivity contribution in [3.05, 3.63) is 42.2 Å². The van der Waals surface area contributed by atoms with E-state index < -0.39 is 10.0 Å². The number of hydrogen-bond acceptors (Lipinski definition) is 4. The van der Waals surface area contributed by atoms with Crippen molar-refractivity contribution in [1.82, 2.24) is 9.71 Å². The van der Waals surface area contributed by atoms with Crippen LogP contribution >= 0.6 is 0 Å². The molecule has 2 N–H and O–H groups in total. The summed E-state index contributed by atoms with van der Waals surface area (Å²) in [7, 11) is -0.637. The van der Waals surface area contributed by atoms with Gasteiger partial charge in [-0.05, 0) is 23.8 Å². The molecule has 0 atom stereocenters. The van der Waals surface area contributed by atoms with E-state index in [-0.39, 0.29) is 11.4 Å². The lowest BCUT2D eigenvalue weighted by Gasteiger charge is -2.10. The Bertz CT molecular complexity index is 666. The summed E-state index contributed by atoms with van der Waals surface area (Å²) in [5.74, 6) is 0.856. The van der Waals surface area contributed by atoms with Crippen molar-refractivity contribution in [3.8, 4) is 11.5 Å². The van der Waals surface area contributed by atoms with Gasteiger partial charge >= 0.3 is 0 Å². The Morgan fingerprint density at radius 3 is 2.50 bits per heavy atom. The van der Waals surface area contributed by atoms with Gasteiger partial charge in [-0.2, -0.15) is 0 Å². The van der Waals surface area contributed by atoms with Gasteiger partial charge in [-0.1, -0.05) is 0 Å². The number of ether oxygens (including phenoxy) is 2. The summed E-state index contributed by atoms with van der Waals surface area (Å²) in [6.45, 7) is 0.222. The summed E-state index contributed by atoms with van der Waals surface area (Å²) in [5.41, 5.74) is 0.856. The summed E-state index contributed by atoms with van der Waals surface area (Å²) in [6.07, 6.45) is 3.47. The smallest absolute Gasteiger partial charge is 0.241 e. The summed E-state index contributed by atoms with van der Waals surface area (Å²) in [4.78, 5) is 3.00. The standard InChI is InChI=1S/C13H16N2O4S/c1-18-12-4-3-11(7-13(12)19-2)20(16,17)15-9-10-5-6-14-8-10/h3-8,14-15H,9H2,1-2H3. The first-order valence-electron chi connectivity index (χ1n) is 5.90. The van der Waals surface area contributed by atoms with Crippen LogP contribution in [0.5, 0.6) is 11.5 Å². The molecule has 0 aliphatic rings.